The second kappa shape index (κ2) is 8.70. The number of ether oxygens (including phenoxy) is 1. The minimum Gasteiger partial charge on any atom is -0.453 e. The Morgan fingerprint density at radius 3 is 2.83 bits per heavy atom. The number of aryl methyl sites for hydroxylation is 1. The molecule has 0 radical (unpaired) electrons. The largest absolute Gasteiger partial charge is 0.453 e. The van der Waals surface area contributed by atoms with Crippen molar-refractivity contribution in [3.63, 3.8) is 0 Å². The number of esters is 1. The molecular formula is C17H18ClNO3S. The molecule has 2 aromatic rings. The number of anilines is 1. The third kappa shape index (κ3) is 6.04. The van der Waals surface area contributed by atoms with E-state index >= 15 is 0 Å². The third-order valence-electron chi connectivity index (χ3n) is 3.15. The van der Waals surface area contributed by atoms with Gasteiger partial charge in [-0.2, -0.15) is 0 Å². The fraction of sp³-hybridized carbons (Fsp3) is 0.294. The van der Waals surface area contributed by atoms with Crippen LogP contribution in [0.3, 0.4) is 0 Å². The van der Waals surface area contributed by atoms with Crippen molar-refractivity contribution in [2.45, 2.75) is 32.3 Å². The van der Waals surface area contributed by atoms with Crippen LogP contribution in [0.2, 0.25) is 5.02 Å². The Bertz CT molecular complexity index is 658. The molecule has 0 saturated heterocycles. The highest BCUT2D eigenvalue weighted by molar-refractivity contribution is 7.09. The highest BCUT2D eigenvalue weighted by atomic mass is 35.5. The predicted molar refractivity (Wildman–Crippen MR) is 92.9 cm³/mol. The summed E-state index contributed by atoms with van der Waals surface area (Å²) in [5.74, 6) is -0.742. The number of rotatable bonds is 7. The predicted octanol–water partition coefficient (Wildman–Crippen LogP) is 4.29. The maximum Gasteiger partial charge on any atom is 0.306 e. The molecule has 4 nitrogen and oxygen atoms in total. The molecule has 2 rings (SSSR count). The summed E-state index contributed by atoms with van der Waals surface area (Å²) in [5, 5.41) is 5.21. The van der Waals surface area contributed by atoms with Crippen LogP contribution < -0.4 is 5.32 Å². The van der Waals surface area contributed by atoms with Crippen molar-refractivity contribution in [2.24, 2.45) is 0 Å². The van der Waals surface area contributed by atoms with Gasteiger partial charge in [-0.05, 0) is 49.4 Å². The second-order valence-electron chi connectivity index (χ2n) is 5.06. The first-order valence-corrected chi connectivity index (χ1v) is 8.58. The smallest absolute Gasteiger partial charge is 0.306 e. The van der Waals surface area contributed by atoms with Gasteiger partial charge in [0.1, 0.15) is 0 Å². The number of benzene rings is 1. The lowest BCUT2D eigenvalue weighted by Gasteiger charge is -2.13. The van der Waals surface area contributed by atoms with Crippen LogP contribution in [-0.2, 0) is 20.7 Å². The van der Waals surface area contributed by atoms with Crippen molar-refractivity contribution in [1.82, 2.24) is 0 Å². The zero-order valence-electron chi connectivity index (χ0n) is 12.8. The highest BCUT2D eigenvalue weighted by Crippen LogP contribution is 2.16. The van der Waals surface area contributed by atoms with E-state index in [1.54, 1.807) is 42.5 Å². The van der Waals surface area contributed by atoms with Crippen molar-refractivity contribution >= 4 is 40.5 Å². The molecule has 1 aromatic carbocycles. The summed E-state index contributed by atoms with van der Waals surface area (Å²) in [6.07, 6.45) is 1.01. The maximum atomic E-state index is 12.0. The molecule has 1 atom stereocenters. The quantitative estimate of drug-likeness (QED) is 0.757. The van der Waals surface area contributed by atoms with Gasteiger partial charge in [0.2, 0.25) is 0 Å². The van der Waals surface area contributed by atoms with Gasteiger partial charge in [0.05, 0.1) is 0 Å². The van der Waals surface area contributed by atoms with E-state index in [2.05, 4.69) is 5.32 Å². The minimum atomic E-state index is -0.844. The van der Waals surface area contributed by atoms with E-state index in [0.717, 1.165) is 6.42 Å². The molecular weight excluding hydrogens is 334 g/mol. The number of halogens is 1. The van der Waals surface area contributed by atoms with Gasteiger partial charge in [-0.25, -0.2) is 0 Å². The van der Waals surface area contributed by atoms with Crippen molar-refractivity contribution in [2.75, 3.05) is 5.32 Å². The van der Waals surface area contributed by atoms with Crippen LogP contribution >= 0.6 is 22.9 Å². The molecule has 0 aliphatic carbocycles. The normalized spacial score (nSPS) is 11.7. The van der Waals surface area contributed by atoms with Crippen LogP contribution in [0.15, 0.2) is 41.8 Å². The number of hydrogen-bond acceptors (Lipinski definition) is 4. The van der Waals surface area contributed by atoms with Crippen LogP contribution in [0.4, 0.5) is 5.69 Å². The number of carbonyl (C=O) groups is 2. The summed E-state index contributed by atoms with van der Waals surface area (Å²) < 4.78 is 5.15. The molecule has 1 aromatic heterocycles. The average Bonchev–Trinajstić information content (AvgIpc) is 3.00. The summed E-state index contributed by atoms with van der Waals surface area (Å²) in [4.78, 5) is 25.0. The molecule has 6 heteroatoms. The van der Waals surface area contributed by atoms with Gasteiger partial charge in [-0.1, -0.05) is 23.7 Å². The van der Waals surface area contributed by atoms with Crippen molar-refractivity contribution in [1.29, 1.82) is 0 Å². The lowest BCUT2D eigenvalue weighted by molar-refractivity contribution is -0.153. The fourth-order valence-corrected chi connectivity index (χ4v) is 2.92. The zero-order chi connectivity index (χ0) is 16.7. The van der Waals surface area contributed by atoms with Crippen LogP contribution in [-0.4, -0.2) is 18.0 Å². The lowest BCUT2D eigenvalue weighted by Crippen LogP contribution is -2.29. The Labute approximate surface area is 144 Å². The summed E-state index contributed by atoms with van der Waals surface area (Å²) in [7, 11) is 0. The summed E-state index contributed by atoms with van der Waals surface area (Å²) in [5.41, 5.74) is 0.572. The Balaban J connectivity index is 1.73. The average molecular weight is 352 g/mol. The molecule has 1 N–H and O–H groups in total. The lowest BCUT2D eigenvalue weighted by atomic mass is 10.2. The molecule has 0 saturated carbocycles. The van der Waals surface area contributed by atoms with Crippen LogP contribution in [0.5, 0.6) is 0 Å². The van der Waals surface area contributed by atoms with Crippen molar-refractivity contribution in [3.05, 3.63) is 51.7 Å². The Kier molecular flexibility index (Phi) is 6.62. The molecule has 0 bridgehead atoms. The van der Waals surface area contributed by atoms with Crippen LogP contribution in [0.1, 0.15) is 24.6 Å². The number of nitrogens with one attached hydrogen (secondary N) is 1. The van der Waals surface area contributed by atoms with Gasteiger partial charge in [0, 0.05) is 22.0 Å². The van der Waals surface area contributed by atoms with Gasteiger partial charge in [-0.3, -0.25) is 9.59 Å². The van der Waals surface area contributed by atoms with E-state index in [1.165, 1.54) is 4.88 Å². The molecule has 0 aliphatic heterocycles. The summed E-state index contributed by atoms with van der Waals surface area (Å²) in [6, 6.07) is 10.8. The van der Waals surface area contributed by atoms with Gasteiger partial charge in [0.15, 0.2) is 6.10 Å². The van der Waals surface area contributed by atoms with E-state index < -0.39 is 6.10 Å². The molecule has 0 aliphatic rings. The van der Waals surface area contributed by atoms with E-state index in [-0.39, 0.29) is 11.9 Å². The standard InChI is InChI=1S/C17H18ClNO3S/c1-12(17(21)19-14-6-2-5-13(18)11-14)22-16(20)9-3-7-15-8-4-10-23-15/h2,4-6,8,10-12H,3,7,9H2,1H3,(H,19,21)/t12-/m1/s1. The SMILES string of the molecule is C[C@@H](OC(=O)CCCc1cccs1)C(=O)Nc1cccc(Cl)c1. The van der Waals surface area contributed by atoms with E-state index in [9.17, 15) is 9.59 Å². The fourth-order valence-electron chi connectivity index (χ4n) is 1.98. The van der Waals surface area contributed by atoms with Gasteiger partial charge < -0.3 is 10.1 Å². The number of amides is 1. The Morgan fingerprint density at radius 1 is 1.30 bits per heavy atom. The molecule has 1 amide bonds. The Hall–Kier alpha value is -1.85. The van der Waals surface area contributed by atoms with Crippen LogP contribution in [0.25, 0.3) is 0 Å². The molecule has 122 valence electrons. The van der Waals surface area contributed by atoms with E-state index in [0.29, 0.717) is 23.6 Å². The zero-order valence-corrected chi connectivity index (χ0v) is 14.3. The summed E-state index contributed by atoms with van der Waals surface area (Å²) in [6.45, 7) is 1.55. The third-order valence-corrected chi connectivity index (χ3v) is 4.33. The molecule has 23 heavy (non-hydrogen) atoms. The monoisotopic (exact) mass is 351 g/mol. The maximum absolute atomic E-state index is 12.0. The molecule has 0 unspecified atom stereocenters. The van der Waals surface area contributed by atoms with Gasteiger partial charge >= 0.3 is 5.97 Å². The summed E-state index contributed by atoms with van der Waals surface area (Å²) >= 11 is 7.52. The minimum absolute atomic E-state index is 0.298. The van der Waals surface area contributed by atoms with Gasteiger partial charge in [0.25, 0.3) is 5.91 Å². The first kappa shape index (κ1) is 17.5. The highest BCUT2D eigenvalue weighted by Gasteiger charge is 2.17. The molecule has 0 fully saturated rings. The number of thiophene rings is 1. The second-order valence-corrected chi connectivity index (χ2v) is 6.53. The first-order chi connectivity index (χ1) is 11.0. The Morgan fingerprint density at radius 2 is 2.13 bits per heavy atom. The van der Waals surface area contributed by atoms with Crippen molar-refractivity contribution < 1.29 is 14.3 Å². The van der Waals surface area contributed by atoms with Crippen molar-refractivity contribution in [3.8, 4) is 0 Å². The number of hydrogen-bond donors (Lipinski definition) is 1. The van der Waals surface area contributed by atoms with Gasteiger partial charge in [-0.15, -0.1) is 11.3 Å². The van der Waals surface area contributed by atoms with E-state index in [4.69, 9.17) is 16.3 Å². The number of carbonyl (C=O) groups excluding carboxylic acids is 2. The molecule has 0 spiro atoms. The first-order valence-electron chi connectivity index (χ1n) is 7.33. The van der Waals surface area contributed by atoms with Crippen LogP contribution in [0, 0.1) is 0 Å². The molecule has 1 heterocycles. The topological polar surface area (TPSA) is 55.4 Å². The van der Waals surface area contributed by atoms with E-state index in [1.807, 2.05) is 17.5 Å².